The van der Waals surface area contributed by atoms with E-state index in [4.69, 9.17) is 10.5 Å². The first-order valence-corrected chi connectivity index (χ1v) is 4.20. The predicted octanol–water partition coefficient (Wildman–Crippen LogP) is 1.55. The van der Waals surface area contributed by atoms with Crippen LogP contribution in [0, 0.1) is 0 Å². The number of hydrogen-bond acceptors (Lipinski definition) is 3. The first-order chi connectivity index (χ1) is 5.83. The highest BCUT2D eigenvalue weighted by Crippen LogP contribution is 2.38. The third-order valence-electron chi connectivity index (χ3n) is 2.32. The third kappa shape index (κ3) is 0.932. The quantitative estimate of drug-likeness (QED) is 0.685. The number of anilines is 1. The van der Waals surface area contributed by atoms with Crippen molar-refractivity contribution in [3.05, 3.63) is 17.8 Å². The molecule has 1 aliphatic heterocycles. The Labute approximate surface area is 71.6 Å². The summed E-state index contributed by atoms with van der Waals surface area (Å²) < 4.78 is 5.45. The van der Waals surface area contributed by atoms with Gasteiger partial charge < -0.3 is 10.5 Å². The fourth-order valence-corrected chi connectivity index (χ4v) is 1.57. The lowest BCUT2D eigenvalue weighted by molar-refractivity contribution is 0.329. The predicted molar refractivity (Wildman–Crippen MR) is 47.2 cm³/mol. The fourth-order valence-electron chi connectivity index (χ4n) is 1.57. The molecule has 2 rings (SSSR count). The summed E-state index contributed by atoms with van der Waals surface area (Å²) in [5, 5.41) is 0. The van der Waals surface area contributed by atoms with Crippen molar-refractivity contribution in [3.63, 3.8) is 0 Å². The second-order valence-electron chi connectivity index (χ2n) is 3.03. The molecule has 1 atom stereocenters. The zero-order chi connectivity index (χ0) is 8.55. The van der Waals surface area contributed by atoms with Crippen molar-refractivity contribution >= 4 is 5.82 Å². The van der Waals surface area contributed by atoms with Crippen molar-refractivity contribution < 1.29 is 4.74 Å². The van der Waals surface area contributed by atoms with Gasteiger partial charge in [0.25, 0.3) is 0 Å². The molecule has 0 aromatic carbocycles. The number of nitrogen functional groups attached to an aromatic ring is 1. The van der Waals surface area contributed by atoms with E-state index in [1.807, 2.05) is 6.07 Å². The standard InChI is InChI=1S/C9H12N2O/c1-2-6-5-12-8-7(6)3-4-11-9(8)10/h3-4,6H,2,5H2,1H3,(H2,10,11). The van der Waals surface area contributed by atoms with Crippen LogP contribution in [0.25, 0.3) is 0 Å². The maximum atomic E-state index is 5.65. The Morgan fingerprint density at radius 1 is 1.75 bits per heavy atom. The SMILES string of the molecule is CCC1COc2c1ccnc2N. The number of aromatic nitrogens is 1. The minimum Gasteiger partial charge on any atom is -0.489 e. The Bertz CT molecular complexity index is 299. The summed E-state index contributed by atoms with van der Waals surface area (Å²) in [5.74, 6) is 1.82. The molecule has 0 bridgehead atoms. The lowest BCUT2D eigenvalue weighted by atomic mass is 10.00. The van der Waals surface area contributed by atoms with Crippen LogP contribution in [0.2, 0.25) is 0 Å². The van der Waals surface area contributed by atoms with Gasteiger partial charge in [0, 0.05) is 17.7 Å². The molecule has 3 nitrogen and oxygen atoms in total. The summed E-state index contributed by atoms with van der Waals surface area (Å²) in [6.07, 6.45) is 2.84. The third-order valence-corrected chi connectivity index (χ3v) is 2.32. The van der Waals surface area contributed by atoms with Crippen LogP contribution in [0.15, 0.2) is 12.3 Å². The van der Waals surface area contributed by atoms with Gasteiger partial charge in [-0.05, 0) is 12.5 Å². The van der Waals surface area contributed by atoms with Gasteiger partial charge in [-0.1, -0.05) is 6.92 Å². The van der Waals surface area contributed by atoms with Gasteiger partial charge in [-0.15, -0.1) is 0 Å². The Morgan fingerprint density at radius 2 is 2.58 bits per heavy atom. The van der Waals surface area contributed by atoms with E-state index >= 15 is 0 Å². The zero-order valence-corrected chi connectivity index (χ0v) is 7.08. The van der Waals surface area contributed by atoms with Gasteiger partial charge in [0.2, 0.25) is 0 Å². The van der Waals surface area contributed by atoms with Gasteiger partial charge in [-0.2, -0.15) is 0 Å². The number of fused-ring (bicyclic) bond motifs is 1. The summed E-state index contributed by atoms with van der Waals surface area (Å²) in [5.41, 5.74) is 6.87. The molecule has 0 amide bonds. The molecule has 12 heavy (non-hydrogen) atoms. The molecule has 3 heteroatoms. The van der Waals surface area contributed by atoms with Crippen LogP contribution in [0.3, 0.4) is 0 Å². The molecule has 1 aliphatic rings. The molecular formula is C9H12N2O. The van der Waals surface area contributed by atoms with Crippen molar-refractivity contribution in [2.45, 2.75) is 19.3 Å². The van der Waals surface area contributed by atoms with Crippen LogP contribution >= 0.6 is 0 Å². The Kier molecular flexibility index (Phi) is 1.64. The van der Waals surface area contributed by atoms with Crippen LogP contribution < -0.4 is 10.5 Å². The molecule has 0 saturated carbocycles. The fraction of sp³-hybridized carbons (Fsp3) is 0.444. The summed E-state index contributed by atoms with van der Waals surface area (Å²) in [4.78, 5) is 3.97. The number of ether oxygens (including phenoxy) is 1. The van der Waals surface area contributed by atoms with E-state index in [9.17, 15) is 0 Å². The highest BCUT2D eigenvalue weighted by Gasteiger charge is 2.24. The average molecular weight is 164 g/mol. The smallest absolute Gasteiger partial charge is 0.166 e. The molecule has 0 radical (unpaired) electrons. The average Bonchev–Trinajstić information content (AvgIpc) is 2.49. The topological polar surface area (TPSA) is 48.1 Å². The Hall–Kier alpha value is -1.25. The molecule has 2 heterocycles. The van der Waals surface area contributed by atoms with Gasteiger partial charge in [0.15, 0.2) is 11.6 Å². The lowest BCUT2D eigenvalue weighted by Gasteiger charge is -2.03. The minimum absolute atomic E-state index is 0.505. The highest BCUT2D eigenvalue weighted by molar-refractivity contribution is 5.54. The number of hydrogen-bond donors (Lipinski definition) is 1. The molecule has 1 aromatic rings. The summed E-state index contributed by atoms with van der Waals surface area (Å²) in [6, 6.07) is 1.99. The van der Waals surface area contributed by atoms with Crippen LogP contribution in [-0.2, 0) is 0 Å². The van der Waals surface area contributed by atoms with E-state index in [1.54, 1.807) is 6.20 Å². The maximum absolute atomic E-state index is 5.65. The van der Waals surface area contributed by atoms with Gasteiger partial charge in [-0.25, -0.2) is 4.98 Å². The molecule has 1 unspecified atom stereocenters. The van der Waals surface area contributed by atoms with Crippen molar-refractivity contribution in [1.82, 2.24) is 4.98 Å². The van der Waals surface area contributed by atoms with Crippen molar-refractivity contribution in [1.29, 1.82) is 0 Å². The lowest BCUT2D eigenvalue weighted by Crippen LogP contribution is -1.97. The second-order valence-corrected chi connectivity index (χ2v) is 3.03. The molecule has 2 N–H and O–H groups in total. The number of pyridine rings is 1. The van der Waals surface area contributed by atoms with Crippen LogP contribution in [0.1, 0.15) is 24.8 Å². The van der Waals surface area contributed by atoms with Crippen LogP contribution in [0.4, 0.5) is 5.82 Å². The molecule has 0 spiro atoms. The monoisotopic (exact) mass is 164 g/mol. The van der Waals surface area contributed by atoms with E-state index in [-0.39, 0.29) is 0 Å². The molecule has 0 saturated heterocycles. The second kappa shape index (κ2) is 2.66. The minimum atomic E-state index is 0.505. The van der Waals surface area contributed by atoms with E-state index in [0.29, 0.717) is 11.7 Å². The number of rotatable bonds is 1. The van der Waals surface area contributed by atoms with Crippen molar-refractivity contribution in [2.24, 2.45) is 0 Å². The van der Waals surface area contributed by atoms with Crippen molar-refractivity contribution in [2.75, 3.05) is 12.3 Å². The van der Waals surface area contributed by atoms with Gasteiger partial charge in [0.1, 0.15) is 0 Å². The number of nitrogens with two attached hydrogens (primary N) is 1. The van der Waals surface area contributed by atoms with Crippen molar-refractivity contribution in [3.8, 4) is 5.75 Å². The normalized spacial score (nSPS) is 20.2. The molecule has 64 valence electrons. The molecule has 1 aromatic heterocycles. The van der Waals surface area contributed by atoms with Gasteiger partial charge in [0.05, 0.1) is 6.61 Å². The van der Waals surface area contributed by atoms with E-state index in [0.717, 1.165) is 18.8 Å². The Morgan fingerprint density at radius 3 is 3.33 bits per heavy atom. The van der Waals surface area contributed by atoms with Crippen LogP contribution in [0.5, 0.6) is 5.75 Å². The van der Waals surface area contributed by atoms with Gasteiger partial charge >= 0.3 is 0 Å². The zero-order valence-electron chi connectivity index (χ0n) is 7.08. The molecule has 0 aliphatic carbocycles. The largest absolute Gasteiger partial charge is 0.489 e. The number of nitrogens with zero attached hydrogens (tertiary/aromatic N) is 1. The van der Waals surface area contributed by atoms with E-state index < -0.39 is 0 Å². The Balaban J connectivity index is 2.46. The van der Waals surface area contributed by atoms with E-state index in [2.05, 4.69) is 11.9 Å². The highest BCUT2D eigenvalue weighted by atomic mass is 16.5. The maximum Gasteiger partial charge on any atom is 0.166 e. The first kappa shape index (κ1) is 7.40. The molecular weight excluding hydrogens is 152 g/mol. The molecule has 0 fully saturated rings. The van der Waals surface area contributed by atoms with E-state index in [1.165, 1.54) is 5.56 Å². The summed E-state index contributed by atoms with van der Waals surface area (Å²) in [6.45, 7) is 2.90. The summed E-state index contributed by atoms with van der Waals surface area (Å²) >= 11 is 0. The van der Waals surface area contributed by atoms with Gasteiger partial charge in [-0.3, -0.25) is 0 Å². The van der Waals surface area contributed by atoms with Crippen LogP contribution in [-0.4, -0.2) is 11.6 Å². The summed E-state index contributed by atoms with van der Waals surface area (Å²) in [7, 11) is 0. The first-order valence-electron chi connectivity index (χ1n) is 4.20.